The van der Waals surface area contributed by atoms with Crippen molar-refractivity contribution in [3.05, 3.63) is 0 Å². The molecule has 0 aromatic carbocycles. The van der Waals surface area contributed by atoms with E-state index in [0.717, 1.165) is 57.8 Å². The van der Waals surface area contributed by atoms with Crippen LogP contribution in [0.15, 0.2) is 0 Å². The average Bonchev–Trinajstić information content (AvgIpc) is 3.04. The molecule has 5 atom stereocenters. The largest absolute Gasteiger partial charge is 0.393 e. The van der Waals surface area contributed by atoms with Gasteiger partial charge in [0.2, 0.25) is 27.7 Å². The topological polar surface area (TPSA) is 182 Å². The van der Waals surface area contributed by atoms with E-state index in [4.69, 9.17) is 5.73 Å². The number of aliphatic hydroxyl groups is 2. The summed E-state index contributed by atoms with van der Waals surface area (Å²) in [5, 5.41) is 26.2. The number of hydrogen-bond acceptors (Lipinski definition) is 8. The number of hydrazine groups is 1. The van der Waals surface area contributed by atoms with Gasteiger partial charge in [-0.1, -0.05) is 40.0 Å². The molecule has 272 valence electrons. The number of primary amides is 1. The van der Waals surface area contributed by atoms with Crippen molar-refractivity contribution in [1.29, 1.82) is 0 Å². The first-order valence-corrected chi connectivity index (χ1v) is 20.0. The highest BCUT2D eigenvalue weighted by Crippen LogP contribution is 2.36. The maximum atomic E-state index is 13.9. The normalized spacial score (nSPS) is 27.2. The van der Waals surface area contributed by atoms with Gasteiger partial charge < -0.3 is 26.2 Å². The van der Waals surface area contributed by atoms with Gasteiger partial charge in [-0.05, 0) is 88.9 Å². The molecule has 0 aromatic rings. The third-order valence-corrected chi connectivity index (χ3v) is 12.0. The second-order valence-electron chi connectivity index (χ2n) is 14.5. The van der Waals surface area contributed by atoms with Crippen LogP contribution in [0, 0.1) is 29.6 Å². The zero-order chi connectivity index (χ0) is 34.6. The van der Waals surface area contributed by atoms with E-state index in [1.165, 1.54) is 5.01 Å². The van der Waals surface area contributed by atoms with Crippen molar-refractivity contribution in [3.63, 3.8) is 0 Å². The maximum absolute atomic E-state index is 13.9. The van der Waals surface area contributed by atoms with Gasteiger partial charge in [-0.3, -0.25) is 14.4 Å². The number of amides is 3. The summed E-state index contributed by atoms with van der Waals surface area (Å²) >= 11 is 0. The van der Waals surface area contributed by atoms with Crippen molar-refractivity contribution in [1.82, 2.24) is 20.1 Å². The Balaban J connectivity index is 1.74. The first-order valence-electron chi connectivity index (χ1n) is 18.3. The number of aliphatic hydroxyl groups excluding tert-OH is 2. The maximum Gasteiger partial charge on any atom is 0.225 e. The molecule has 0 heterocycles. The lowest BCUT2D eigenvalue weighted by Crippen LogP contribution is -2.55. The molecule has 13 heteroatoms. The Hall–Kier alpha value is -1.80. The van der Waals surface area contributed by atoms with Crippen LogP contribution in [0.4, 0.5) is 0 Å². The van der Waals surface area contributed by atoms with Crippen LogP contribution >= 0.6 is 0 Å². The Kier molecular flexibility index (Phi) is 16.4. The number of hydrogen-bond donors (Lipinski definition) is 5. The summed E-state index contributed by atoms with van der Waals surface area (Å²) in [4.78, 5) is 44.3. The summed E-state index contributed by atoms with van der Waals surface area (Å²) in [5.74, 6) is -2.25. The van der Waals surface area contributed by atoms with Gasteiger partial charge >= 0.3 is 0 Å². The second-order valence-corrected chi connectivity index (χ2v) is 16.3. The molecule has 0 spiro atoms. The van der Waals surface area contributed by atoms with E-state index in [1.807, 2.05) is 25.7 Å². The van der Waals surface area contributed by atoms with Gasteiger partial charge in [-0.2, -0.15) is 0 Å². The molecule has 5 unspecified atom stereocenters. The minimum Gasteiger partial charge on any atom is -0.393 e. The number of likely N-dealkylation sites (N-methyl/N-ethyl adjacent to an activating group) is 1. The van der Waals surface area contributed by atoms with Crippen LogP contribution in [-0.2, 0) is 24.4 Å². The van der Waals surface area contributed by atoms with E-state index in [0.29, 0.717) is 51.7 Å². The fourth-order valence-electron chi connectivity index (χ4n) is 7.93. The monoisotopic (exact) mass is 685 g/mol. The van der Waals surface area contributed by atoms with Crippen LogP contribution in [0.25, 0.3) is 0 Å². The predicted molar refractivity (Wildman–Crippen MR) is 182 cm³/mol. The third kappa shape index (κ3) is 12.9. The summed E-state index contributed by atoms with van der Waals surface area (Å²) in [5.41, 5.74) is 5.73. The molecule has 12 nitrogen and oxygen atoms in total. The minimum absolute atomic E-state index is 0.0145. The quantitative estimate of drug-likeness (QED) is 0.137. The Labute approximate surface area is 283 Å². The van der Waals surface area contributed by atoms with Crippen molar-refractivity contribution >= 4 is 27.7 Å². The number of nitrogens with zero attached hydrogens (tertiary/aromatic N) is 2. The van der Waals surface area contributed by atoms with Gasteiger partial charge in [0, 0.05) is 43.9 Å². The molecule has 0 aromatic heterocycles. The first kappa shape index (κ1) is 39.6. The smallest absolute Gasteiger partial charge is 0.225 e. The van der Waals surface area contributed by atoms with E-state index in [9.17, 15) is 33.0 Å². The molecule has 3 aliphatic rings. The number of nitrogens with one attached hydrogen (secondary N) is 2. The lowest BCUT2D eigenvalue weighted by Gasteiger charge is -2.37. The highest BCUT2D eigenvalue weighted by atomic mass is 32.2. The summed E-state index contributed by atoms with van der Waals surface area (Å²) in [6, 6.07) is -0.681. The van der Waals surface area contributed by atoms with Crippen molar-refractivity contribution in [2.24, 2.45) is 35.3 Å². The fourth-order valence-corrected chi connectivity index (χ4v) is 9.56. The predicted octanol–water partition coefficient (Wildman–Crippen LogP) is 2.68. The van der Waals surface area contributed by atoms with Gasteiger partial charge in [-0.15, -0.1) is 4.83 Å². The van der Waals surface area contributed by atoms with E-state index < -0.39 is 45.8 Å². The van der Waals surface area contributed by atoms with Crippen molar-refractivity contribution in [2.75, 3.05) is 31.9 Å². The second kappa shape index (κ2) is 19.4. The molecule has 3 aliphatic carbocycles. The number of carbonyl (C=O) groups excluding carboxylic acids is 3. The molecule has 47 heavy (non-hydrogen) atoms. The van der Waals surface area contributed by atoms with Crippen molar-refractivity contribution in [2.45, 2.75) is 135 Å². The Morgan fingerprint density at radius 1 is 0.851 bits per heavy atom. The minimum atomic E-state index is -3.61. The molecule has 3 rings (SSSR count). The fraction of sp³-hybridized carbons (Fsp3) is 0.912. The number of rotatable bonds is 18. The molecular formula is C34H63N5O7S. The zero-order valence-electron chi connectivity index (χ0n) is 29.1. The van der Waals surface area contributed by atoms with Gasteiger partial charge in [0.25, 0.3) is 0 Å². The molecule has 6 N–H and O–H groups in total. The van der Waals surface area contributed by atoms with Crippen LogP contribution < -0.4 is 15.9 Å². The summed E-state index contributed by atoms with van der Waals surface area (Å²) < 4.78 is 26.1. The Bertz CT molecular complexity index is 1090. The molecule has 3 saturated carbocycles. The molecule has 0 radical (unpaired) electrons. The summed E-state index contributed by atoms with van der Waals surface area (Å²) in [6.45, 7) is 7.39. The van der Waals surface area contributed by atoms with Gasteiger partial charge in [-0.25, -0.2) is 13.4 Å². The van der Waals surface area contributed by atoms with Crippen LogP contribution in [0.2, 0.25) is 0 Å². The third-order valence-electron chi connectivity index (χ3n) is 10.6. The molecule has 0 bridgehead atoms. The number of nitrogens with two attached hydrogens (primary N) is 1. The SMILES string of the molecule is CCCN(CCC)C(=O)C1CC(C(N)=O)CC(C(=O)NC(CC2CCC(O)CC2)C(O)CN(CC)NS(=O)(=O)CC2CCCCC2)C1. The van der Waals surface area contributed by atoms with E-state index >= 15 is 0 Å². The Morgan fingerprint density at radius 2 is 1.45 bits per heavy atom. The first-order chi connectivity index (χ1) is 22.3. The molecular weight excluding hydrogens is 622 g/mol. The van der Waals surface area contributed by atoms with Crippen LogP contribution in [0.3, 0.4) is 0 Å². The van der Waals surface area contributed by atoms with Gasteiger partial charge in [0.1, 0.15) is 0 Å². The Morgan fingerprint density at radius 3 is 2.02 bits per heavy atom. The van der Waals surface area contributed by atoms with Crippen LogP contribution in [0.5, 0.6) is 0 Å². The summed E-state index contributed by atoms with van der Waals surface area (Å²) in [7, 11) is -3.61. The van der Waals surface area contributed by atoms with Gasteiger partial charge in [0.15, 0.2) is 0 Å². The van der Waals surface area contributed by atoms with Crippen LogP contribution in [-0.4, -0.2) is 96.4 Å². The molecule has 3 amide bonds. The van der Waals surface area contributed by atoms with Crippen LogP contribution in [0.1, 0.15) is 117 Å². The standard InChI is InChI=1S/C34H63N5O7S/c1-4-16-38(17-5-2)34(44)28-20-26(32(35)42)19-27(21-28)33(43)36-30(18-24-12-14-29(40)15-13-24)31(41)22-39(6-3)37-47(45,46)23-25-10-8-7-9-11-25/h24-31,37,40-41H,4-23H2,1-3H3,(H2,35,42)(H,36,43). The molecule has 0 aliphatic heterocycles. The lowest BCUT2D eigenvalue weighted by molar-refractivity contribution is -0.141. The van der Waals surface area contributed by atoms with Crippen molar-refractivity contribution < 1.29 is 33.0 Å². The summed E-state index contributed by atoms with van der Waals surface area (Å²) in [6.07, 6.45) is 9.41. The number of sulfonamides is 1. The van der Waals surface area contributed by atoms with Crippen molar-refractivity contribution in [3.8, 4) is 0 Å². The highest BCUT2D eigenvalue weighted by Gasteiger charge is 2.41. The highest BCUT2D eigenvalue weighted by molar-refractivity contribution is 7.89. The average molecular weight is 686 g/mol. The van der Waals surface area contributed by atoms with Gasteiger partial charge in [0.05, 0.1) is 24.0 Å². The van der Waals surface area contributed by atoms with E-state index in [-0.39, 0.29) is 48.5 Å². The molecule has 0 saturated heterocycles. The zero-order valence-corrected chi connectivity index (χ0v) is 29.9. The number of carbonyl (C=O) groups is 3. The van der Waals surface area contributed by atoms with E-state index in [2.05, 4.69) is 10.1 Å². The lowest BCUT2D eigenvalue weighted by atomic mass is 9.73. The molecule has 3 fully saturated rings. The van der Waals surface area contributed by atoms with E-state index in [1.54, 1.807) is 0 Å².